The molecule has 1 aliphatic carbocycles. The number of carbonyl (C=O) groups is 1. The first-order chi connectivity index (χ1) is 10.1. The number of rotatable bonds is 6. The van der Waals surface area contributed by atoms with Gasteiger partial charge in [-0.1, -0.05) is 12.5 Å². The molecule has 1 saturated carbocycles. The van der Waals surface area contributed by atoms with E-state index in [0.717, 1.165) is 12.8 Å². The quantitative estimate of drug-likeness (QED) is 0.820. The zero-order valence-corrected chi connectivity index (χ0v) is 12.3. The maximum atomic E-state index is 13.0. The first kappa shape index (κ1) is 15.8. The van der Waals surface area contributed by atoms with Crippen LogP contribution in [0.1, 0.15) is 32.6 Å². The van der Waals surface area contributed by atoms with Gasteiger partial charge in [0.1, 0.15) is 17.1 Å². The molecule has 1 fully saturated rings. The number of hydrogen-bond acceptors (Lipinski definition) is 4. The van der Waals surface area contributed by atoms with Crippen LogP contribution in [-0.4, -0.2) is 24.7 Å². The van der Waals surface area contributed by atoms with Crippen molar-refractivity contribution in [1.29, 1.82) is 0 Å². The molecule has 1 aromatic carbocycles. The van der Waals surface area contributed by atoms with E-state index in [2.05, 4.69) is 0 Å². The van der Waals surface area contributed by atoms with E-state index in [1.807, 2.05) is 0 Å². The van der Waals surface area contributed by atoms with Gasteiger partial charge in [-0.2, -0.15) is 0 Å². The van der Waals surface area contributed by atoms with Gasteiger partial charge in [-0.05, 0) is 44.2 Å². The fraction of sp³-hybridized carbons (Fsp3) is 0.562. The molecule has 0 spiro atoms. The van der Waals surface area contributed by atoms with Crippen molar-refractivity contribution in [3.63, 3.8) is 0 Å². The lowest BCUT2D eigenvalue weighted by atomic mass is 9.86. The van der Waals surface area contributed by atoms with Crippen molar-refractivity contribution in [3.05, 3.63) is 30.1 Å². The molecule has 0 saturated heterocycles. The normalized spacial score (nSPS) is 24.8. The molecule has 1 aromatic rings. The molecule has 5 heteroatoms. The summed E-state index contributed by atoms with van der Waals surface area (Å²) >= 11 is 0. The third kappa shape index (κ3) is 3.73. The van der Waals surface area contributed by atoms with Crippen molar-refractivity contribution >= 4 is 5.97 Å². The molecule has 0 amide bonds. The van der Waals surface area contributed by atoms with Gasteiger partial charge in [0.25, 0.3) is 0 Å². The topological polar surface area (TPSA) is 61.5 Å². The number of hydrogen-bond donors (Lipinski definition) is 1. The molecule has 21 heavy (non-hydrogen) atoms. The number of nitrogens with two attached hydrogens (primary N) is 1. The largest absolute Gasteiger partial charge is 0.493 e. The summed E-state index contributed by atoms with van der Waals surface area (Å²) in [6, 6.07) is 6.02. The Balaban J connectivity index is 1.88. The highest BCUT2D eigenvalue weighted by atomic mass is 19.1. The minimum atomic E-state index is -0.901. The summed E-state index contributed by atoms with van der Waals surface area (Å²) in [5, 5.41) is 0. The Hall–Kier alpha value is -1.62. The number of esters is 1. The van der Waals surface area contributed by atoms with E-state index in [9.17, 15) is 9.18 Å². The average molecular weight is 295 g/mol. The highest BCUT2D eigenvalue weighted by Gasteiger charge is 2.46. The van der Waals surface area contributed by atoms with Gasteiger partial charge in [-0.25, -0.2) is 4.39 Å². The van der Waals surface area contributed by atoms with Crippen LogP contribution in [0, 0.1) is 11.7 Å². The molecule has 0 radical (unpaired) electrons. The predicted molar refractivity (Wildman–Crippen MR) is 77.4 cm³/mol. The van der Waals surface area contributed by atoms with Crippen molar-refractivity contribution in [3.8, 4) is 5.75 Å². The monoisotopic (exact) mass is 295 g/mol. The van der Waals surface area contributed by atoms with Crippen molar-refractivity contribution in [2.75, 3.05) is 13.2 Å². The predicted octanol–water partition coefficient (Wildman–Crippen LogP) is 2.66. The number of halogens is 1. The van der Waals surface area contributed by atoms with Crippen LogP contribution in [0.5, 0.6) is 5.75 Å². The number of carbonyl (C=O) groups excluding carboxylic acids is 1. The Labute approximate surface area is 124 Å². The highest BCUT2D eigenvalue weighted by Crippen LogP contribution is 2.37. The van der Waals surface area contributed by atoms with E-state index < -0.39 is 5.54 Å². The molecule has 2 atom stereocenters. The zero-order chi connectivity index (χ0) is 15.3. The summed E-state index contributed by atoms with van der Waals surface area (Å²) in [5.41, 5.74) is 5.34. The van der Waals surface area contributed by atoms with Gasteiger partial charge < -0.3 is 15.2 Å². The first-order valence-corrected chi connectivity index (χ1v) is 7.40. The van der Waals surface area contributed by atoms with Crippen molar-refractivity contribution in [1.82, 2.24) is 0 Å². The Bertz CT molecular complexity index is 494. The second-order valence-corrected chi connectivity index (χ2v) is 5.44. The van der Waals surface area contributed by atoms with Gasteiger partial charge in [0, 0.05) is 6.07 Å². The smallest absolute Gasteiger partial charge is 0.326 e. The van der Waals surface area contributed by atoms with Gasteiger partial charge >= 0.3 is 5.97 Å². The maximum absolute atomic E-state index is 13.0. The van der Waals surface area contributed by atoms with Gasteiger partial charge in [-0.15, -0.1) is 0 Å². The van der Waals surface area contributed by atoms with E-state index in [4.69, 9.17) is 15.2 Å². The molecule has 1 aliphatic rings. The van der Waals surface area contributed by atoms with Crippen LogP contribution in [0.3, 0.4) is 0 Å². The Kier molecular flexibility index (Phi) is 5.17. The van der Waals surface area contributed by atoms with E-state index in [1.165, 1.54) is 12.1 Å². The van der Waals surface area contributed by atoms with Crippen LogP contribution < -0.4 is 10.5 Å². The van der Waals surface area contributed by atoms with Gasteiger partial charge in [0.15, 0.2) is 0 Å². The van der Waals surface area contributed by atoms with Crippen molar-refractivity contribution in [2.45, 2.75) is 38.1 Å². The summed E-state index contributed by atoms with van der Waals surface area (Å²) < 4.78 is 23.7. The molecule has 0 heterocycles. The molecular formula is C16H22FNO3. The molecule has 0 aromatic heterocycles. The lowest BCUT2D eigenvalue weighted by Crippen LogP contribution is -2.52. The fourth-order valence-electron chi connectivity index (χ4n) is 2.91. The van der Waals surface area contributed by atoms with Gasteiger partial charge in [-0.3, -0.25) is 4.79 Å². The number of ether oxygens (including phenoxy) is 2. The fourth-order valence-corrected chi connectivity index (χ4v) is 2.91. The maximum Gasteiger partial charge on any atom is 0.326 e. The lowest BCUT2D eigenvalue weighted by Gasteiger charge is -2.28. The van der Waals surface area contributed by atoms with Gasteiger partial charge in [0.05, 0.1) is 13.2 Å². The minimum absolute atomic E-state index is 0.0464. The molecular weight excluding hydrogens is 273 g/mol. The van der Waals surface area contributed by atoms with E-state index in [0.29, 0.717) is 31.8 Å². The summed E-state index contributed by atoms with van der Waals surface area (Å²) in [7, 11) is 0. The summed E-state index contributed by atoms with van der Waals surface area (Å²) in [5.74, 6) is -0.108. The van der Waals surface area contributed by atoms with Crippen LogP contribution in [0.4, 0.5) is 4.39 Å². The van der Waals surface area contributed by atoms with E-state index in [1.54, 1.807) is 19.1 Å². The Morgan fingerprint density at radius 3 is 3.05 bits per heavy atom. The van der Waals surface area contributed by atoms with Crippen molar-refractivity contribution in [2.24, 2.45) is 11.7 Å². The third-order valence-corrected chi connectivity index (χ3v) is 4.06. The summed E-state index contributed by atoms with van der Waals surface area (Å²) in [6.45, 7) is 2.52. The molecule has 2 N–H and O–H groups in total. The molecule has 4 nitrogen and oxygen atoms in total. The van der Waals surface area contributed by atoms with Gasteiger partial charge in [0.2, 0.25) is 0 Å². The van der Waals surface area contributed by atoms with Crippen LogP contribution in [0.25, 0.3) is 0 Å². The molecule has 2 unspecified atom stereocenters. The number of benzene rings is 1. The second-order valence-electron chi connectivity index (χ2n) is 5.44. The molecule has 0 aliphatic heterocycles. The van der Waals surface area contributed by atoms with Crippen LogP contribution in [0.15, 0.2) is 24.3 Å². The second kappa shape index (κ2) is 6.89. The molecule has 116 valence electrons. The van der Waals surface area contributed by atoms with Crippen LogP contribution in [0.2, 0.25) is 0 Å². The molecule has 2 rings (SSSR count). The van der Waals surface area contributed by atoms with E-state index in [-0.39, 0.29) is 17.7 Å². The Morgan fingerprint density at radius 2 is 2.33 bits per heavy atom. The third-order valence-electron chi connectivity index (χ3n) is 4.06. The average Bonchev–Trinajstić information content (AvgIpc) is 2.82. The summed E-state index contributed by atoms with van der Waals surface area (Å²) in [4.78, 5) is 12.0. The van der Waals surface area contributed by atoms with Crippen LogP contribution in [-0.2, 0) is 9.53 Å². The van der Waals surface area contributed by atoms with Crippen molar-refractivity contribution < 1.29 is 18.7 Å². The molecule has 0 bridgehead atoms. The highest BCUT2D eigenvalue weighted by molar-refractivity contribution is 5.81. The van der Waals surface area contributed by atoms with Crippen LogP contribution >= 0.6 is 0 Å². The van der Waals surface area contributed by atoms with E-state index >= 15 is 0 Å². The summed E-state index contributed by atoms with van der Waals surface area (Å²) in [6.07, 6.45) is 3.12. The SMILES string of the molecule is CCOC(=O)C1(N)CCCC1CCOc1cccc(F)c1. The lowest BCUT2D eigenvalue weighted by molar-refractivity contribution is -0.151. The minimum Gasteiger partial charge on any atom is -0.493 e. The standard InChI is InChI=1S/C16H22FNO3/c1-2-20-15(19)16(18)9-4-5-12(16)8-10-21-14-7-3-6-13(17)11-14/h3,6-7,11-12H,2,4-5,8-10,18H2,1H3. The zero-order valence-electron chi connectivity index (χ0n) is 12.3. The first-order valence-electron chi connectivity index (χ1n) is 7.40. The Morgan fingerprint density at radius 1 is 1.52 bits per heavy atom.